The molecule has 0 aromatic heterocycles. The molecule has 0 saturated heterocycles. The summed E-state index contributed by atoms with van der Waals surface area (Å²) >= 11 is 2.01. The Hall–Kier alpha value is -4.22. The van der Waals surface area contributed by atoms with Crippen LogP contribution in [0.3, 0.4) is 0 Å². The summed E-state index contributed by atoms with van der Waals surface area (Å²) < 4.78 is 29.7. The number of carboxylic acids is 1. The van der Waals surface area contributed by atoms with Crippen molar-refractivity contribution >= 4 is 61.0 Å². The van der Waals surface area contributed by atoms with Gasteiger partial charge >= 0.3 is 5.97 Å². The molecule has 0 radical (unpaired) electrons. The highest BCUT2D eigenvalue weighted by Gasteiger charge is 2.25. The Kier molecular flexibility index (Phi) is 8.36. The molecule has 5 aromatic carbocycles. The molecule has 0 saturated carbocycles. The molecule has 1 atom stereocenters. The molecule has 206 valence electrons. The van der Waals surface area contributed by atoms with Gasteiger partial charge in [-0.2, -0.15) is 0 Å². The normalized spacial score (nSPS) is 12.0. The first kappa shape index (κ1) is 28.3. The Morgan fingerprint density at radius 3 is 2.12 bits per heavy atom. The first-order chi connectivity index (χ1) is 19.7. The fraction of sp³-hybridized carbons (Fsp3) is 0.0625. The van der Waals surface area contributed by atoms with E-state index in [1.54, 1.807) is 18.2 Å². The van der Waals surface area contributed by atoms with Gasteiger partial charge in [0.15, 0.2) is 0 Å². The van der Waals surface area contributed by atoms with Crippen LogP contribution in [0.15, 0.2) is 120 Å². The molecule has 0 heterocycles. The molecule has 5 rings (SSSR count). The van der Waals surface area contributed by atoms with E-state index >= 15 is 0 Å². The molecule has 7 nitrogen and oxygen atoms in total. The van der Waals surface area contributed by atoms with Crippen molar-refractivity contribution in [2.45, 2.75) is 17.4 Å². The minimum absolute atomic E-state index is 0.0203. The molecular formula is C32H25IN2O5S. The summed E-state index contributed by atoms with van der Waals surface area (Å²) in [4.78, 5) is 25.5. The minimum Gasteiger partial charge on any atom is -0.480 e. The van der Waals surface area contributed by atoms with Gasteiger partial charge in [-0.1, -0.05) is 84.9 Å². The predicted octanol–water partition coefficient (Wildman–Crippen LogP) is 6.34. The summed E-state index contributed by atoms with van der Waals surface area (Å²) in [6, 6.07) is 32.9. The number of carbonyl (C=O) groups excluding carboxylic acids is 1. The Labute approximate surface area is 251 Å². The highest BCUT2D eigenvalue weighted by Crippen LogP contribution is 2.25. The van der Waals surface area contributed by atoms with Crippen LogP contribution < -0.4 is 10.0 Å². The Balaban J connectivity index is 1.36. The summed E-state index contributed by atoms with van der Waals surface area (Å²) in [5, 5.41) is 14.1. The van der Waals surface area contributed by atoms with Gasteiger partial charge in [0.1, 0.15) is 6.04 Å². The van der Waals surface area contributed by atoms with Gasteiger partial charge in [0.05, 0.1) is 16.1 Å². The molecule has 3 N–H and O–H groups in total. The quantitative estimate of drug-likeness (QED) is 0.158. The molecule has 41 heavy (non-hydrogen) atoms. The van der Waals surface area contributed by atoms with Crippen LogP contribution in [0.4, 0.5) is 5.69 Å². The predicted molar refractivity (Wildman–Crippen MR) is 168 cm³/mol. The highest BCUT2D eigenvalue weighted by atomic mass is 127. The van der Waals surface area contributed by atoms with E-state index in [-0.39, 0.29) is 22.6 Å². The van der Waals surface area contributed by atoms with Crippen molar-refractivity contribution in [1.29, 1.82) is 0 Å². The number of halogens is 1. The lowest BCUT2D eigenvalue weighted by Crippen LogP contribution is -2.42. The van der Waals surface area contributed by atoms with Crippen molar-refractivity contribution in [3.63, 3.8) is 0 Å². The van der Waals surface area contributed by atoms with Crippen LogP contribution in [0.2, 0.25) is 0 Å². The molecular weight excluding hydrogens is 651 g/mol. The van der Waals surface area contributed by atoms with Gasteiger partial charge in [-0.05, 0) is 80.4 Å². The lowest BCUT2D eigenvalue weighted by atomic mass is 10.0. The summed E-state index contributed by atoms with van der Waals surface area (Å²) in [5.41, 5.74) is 2.84. The molecule has 0 aliphatic heterocycles. The Bertz CT molecular complexity index is 1840. The average molecular weight is 677 g/mol. The van der Waals surface area contributed by atoms with Crippen molar-refractivity contribution < 1.29 is 23.1 Å². The van der Waals surface area contributed by atoms with E-state index in [0.29, 0.717) is 3.57 Å². The molecule has 0 fully saturated rings. The lowest BCUT2D eigenvalue weighted by Gasteiger charge is -2.18. The largest absolute Gasteiger partial charge is 0.480 e. The maximum absolute atomic E-state index is 13.3. The SMILES string of the molecule is O=C(NC(Cc1ccc(-c2ccccc2)cc1)C(=O)O)c1cc(I)ccc1NS(=O)(=O)c1ccc2ccccc2c1. The van der Waals surface area contributed by atoms with Gasteiger partial charge in [-0.25, -0.2) is 13.2 Å². The number of fused-ring (bicyclic) bond motifs is 1. The third kappa shape index (κ3) is 6.75. The van der Waals surface area contributed by atoms with E-state index in [4.69, 9.17) is 0 Å². The number of benzene rings is 5. The Morgan fingerprint density at radius 2 is 1.41 bits per heavy atom. The number of amides is 1. The lowest BCUT2D eigenvalue weighted by molar-refractivity contribution is -0.139. The maximum Gasteiger partial charge on any atom is 0.326 e. The summed E-state index contributed by atoms with van der Waals surface area (Å²) in [6.45, 7) is 0. The zero-order valence-corrected chi connectivity index (χ0v) is 24.6. The summed E-state index contributed by atoms with van der Waals surface area (Å²) in [7, 11) is -4.04. The molecule has 9 heteroatoms. The van der Waals surface area contributed by atoms with E-state index in [0.717, 1.165) is 27.5 Å². The maximum atomic E-state index is 13.3. The molecule has 0 aliphatic rings. The van der Waals surface area contributed by atoms with Gasteiger partial charge in [-0.15, -0.1) is 0 Å². The topological polar surface area (TPSA) is 113 Å². The number of carboxylic acid groups (broad SMARTS) is 1. The fourth-order valence-electron chi connectivity index (χ4n) is 4.47. The number of hydrogen-bond donors (Lipinski definition) is 3. The number of aliphatic carboxylic acids is 1. The van der Waals surface area contributed by atoms with E-state index < -0.39 is 27.9 Å². The van der Waals surface area contributed by atoms with E-state index in [2.05, 4.69) is 10.0 Å². The van der Waals surface area contributed by atoms with Gasteiger partial charge in [0, 0.05) is 9.99 Å². The van der Waals surface area contributed by atoms with Crippen molar-refractivity contribution in [2.75, 3.05) is 4.72 Å². The number of hydrogen-bond acceptors (Lipinski definition) is 4. The van der Waals surface area contributed by atoms with Crippen LogP contribution in [0.25, 0.3) is 21.9 Å². The van der Waals surface area contributed by atoms with Gasteiger partial charge in [-0.3, -0.25) is 9.52 Å². The van der Waals surface area contributed by atoms with E-state index in [9.17, 15) is 23.1 Å². The van der Waals surface area contributed by atoms with Crippen molar-refractivity contribution in [1.82, 2.24) is 5.32 Å². The standard InChI is InChI=1S/C32H25IN2O5S/c33-26-15-17-29(35-41(39,40)27-16-14-23-8-4-5-9-25(23)19-27)28(20-26)31(36)34-30(32(37)38)18-21-10-12-24(13-11-21)22-6-2-1-3-7-22/h1-17,19-20,30,35H,18H2,(H,34,36)(H,37,38). The van der Waals surface area contributed by atoms with E-state index in [1.165, 1.54) is 18.2 Å². The first-order valence-electron chi connectivity index (χ1n) is 12.7. The average Bonchev–Trinajstić information content (AvgIpc) is 2.98. The van der Waals surface area contributed by atoms with Crippen LogP contribution in [0.1, 0.15) is 15.9 Å². The van der Waals surface area contributed by atoms with Gasteiger partial charge in [0.2, 0.25) is 0 Å². The van der Waals surface area contributed by atoms with Gasteiger partial charge in [0.25, 0.3) is 15.9 Å². The van der Waals surface area contributed by atoms with Crippen molar-refractivity contribution in [2.24, 2.45) is 0 Å². The van der Waals surface area contributed by atoms with Crippen LogP contribution >= 0.6 is 22.6 Å². The van der Waals surface area contributed by atoms with Crippen LogP contribution in [-0.2, 0) is 21.2 Å². The summed E-state index contributed by atoms with van der Waals surface area (Å²) in [5.74, 6) is -1.90. The molecule has 0 bridgehead atoms. The number of rotatable bonds is 9. The second-order valence-electron chi connectivity index (χ2n) is 9.44. The first-order valence-corrected chi connectivity index (χ1v) is 15.2. The molecule has 1 unspecified atom stereocenters. The molecule has 5 aromatic rings. The van der Waals surface area contributed by atoms with Crippen LogP contribution in [0.5, 0.6) is 0 Å². The molecule has 0 aliphatic carbocycles. The monoisotopic (exact) mass is 676 g/mol. The highest BCUT2D eigenvalue weighted by molar-refractivity contribution is 14.1. The van der Waals surface area contributed by atoms with Crippen molar-refractivity contribution in [3.8, 4) is 11.1 Å². The fourth-order valence-corrected chi connectivity index (χ4v) is 6.07. The van der Waals surface area contributed by atoms with E-state index in [1.807, 2.05) is 101 Å². The van der Waals surface area contributed by atoms with Crippen molar-refractivity contribution in [3.05, 3.63) is 130 Å². The van der Waals surface area contributed by atoms with Gasteiger partial charge < -0.3 is 10.4 Å². The number of anilines is 1. The minimum atomic E-state index is -4.04. The number of sulfonamides is 1. The van der Waals surface area contributed by atoms with Crippen LogP contribution in [0, 0.1) is 3.57 Å². The number of carbonyl (C=O) groups is 2. The molecule has 0 spiro atoms. The smallest absolute Gasteiger partial charge is 0.326 e. The molecule has 1 amide bonds. The zero-order chi connectivity index (χ0) is 29.0. The summed E-state index contributed by atoms with van der Waals surface area (Å²) in [6.07, 6.45) is 0.0538. The zero-order valence-electron chi connectivity index (χ0n) is 21.6. The van der Waals surface area contributed by atoms with Crippen LogP contribution in [-0.4, -0.2) is 31.4 Å². The Morgan fingerprint density at radius 1 is 0.756 bits per heavy atom. The second kappa shape index (κ2) is 12.1. The third-order valence-electron chi connectivity index (χ3n) is 6.61. The second-order valence-corrected chi connectivity index (χ2v) is 12.4. The third-order valence-corrected chi connectivity index (χ3v) is 8.64. The number of nitrogens with one attached hydrogen (secondary N) is 2.